The van der Waals surface area contributed by atoms with Gasteiger partial charge in [0.05, 0.1) is 5.69 Å². The Morgan fingerprint density at radius 3 is 2.09 bits per heavy atom. The molecule has 0 amide bonds. The Bertz CT molecular complexity index is 688. The fourth-order valence-electron chi connectivity index (χ4n) is 1.83. The predicted molar refractivity (Wildman–Crippen MR) is 88.7 cm³/mol. The molecule has 2 rings (SSSR count). The summed E-state index contributed by atoms with van der Waals surface area (Å²) in [4.78, 5) is 12.8. The van der Waals surface area contributed by atoms with Crippen molar-refractivity contribution in [3.63, 3.8) is 0 Å². The number of azo groups is 1. The highest BCUT2D eigenvalue weighted by Crippen LogP contribution is 2.20. The number of pyridine rings is 2. The number of nitrogens with zero attached hydrogens (tertiary/aromatic N) is 5. The van der Waals surface area contributed by atoms with Crippen molar-refractivity contribution in [3.8, 4) is 0 Å². The van der Waals surface area contributed by atoms with Gasteiger partial charge in [0.2, 0.25) is 0 Å². The van der Waals surface area contributed by atoms with Crippen molar-refractivity contribution < 1.29 is 0 Å². The van der Waals surface area contributed by atoms with Crippen molar-refractivity contribution in [2.45, 2.75) is 20.3 Å². The number of aliphatic imine (C=N–C) groups is 1. The summed E-state index contributed by atoms with van der Waals surface area (Å²) in [6.45, 7) is 4.12. The van der Waals surface area contributed by atoms with E-state index >= 15 is 0 Å². The van der Waals surface area contributed by atoms with Gasteiger partial charge in [-0.15, -0.1) is 10.2 Å². The average molecular weight is 293 g/mol. The summed E-state index contributed by atoms with van der Waals surface area (Å²) in [5.74, 6) is 0.498. The van der Waals surface area contributed by atoms with E-state index in [-0.39, 0.29) is 0 Å². The molecule has 0 unspecified atom stereocenters. The minimum atomic E-state index is 0.498. The molecule has 22 heavy (non-hydrogen) atoms. The third-order valence-corrected chi connectivity index (χ3v) is 3.19. The molecule has 0 saturated carbocycles. The van der Waals surface area contributed by atoms with Gasteiger partial charge in [0, 0.05) is 19.4 Å². The second-order valence-corrected chi connectivity index (χ2v) is 4.66. The number of aromatic nitrogens is 2. The first-order valence-corrected chi connectivity index (χ1v) is 7.17. The van der Waals surface area contributed by atoms with Crippen LogP contribution in [0.15, 0.2) is 69.6 Å². The van der Waals surface area contributed by atoms with Gasteiger partial charge in [-0.1, -0.05) is 19.1 Å². The summed E-state index contributed by atoms with van der Waals surface area (Å²) in [5, 5.41) is 8.66. The van der Waals surface area contributed by atoms with Crippen molar-refractivity contribution >= 4 is 11.5 Å². The molecule has 0 aliphatic carbocycles. The Kier molecular flexibility index (Phi) is 5.65. The zero-order valence-electron chi connectivity index (χ0n) is 13.1. The largest absolute Gasteiger partial charge is 0.267 e. The van der Waals surface area contributed by atoms with Crippen LogP contribution in [0.2, 0.25) is 0 Å². The number of allylic oxidation sites excluding steroid dienone is 1. The summed E-state index contributed by atoms with van der Waals surface area (Å²) in [6, 6.07) is 11.4. The fraction of sp³-hybridized carbons (Fsp3) is 0.235. The van der Waals surface area contributed by atoms with Crippen LogP contribution in [-0.4, -0.2) is 22.9 Å². The lowest BCUT2D eigenvalue weighted by Gasteiger charge is -2.05. The third-order valence-electron chi connectivity index (χ3n) is 3.19. The van der Waals surface area contributed by atoms with Crippen molar-refractivity contribution in [1.29, 1.82) is 0 Å². The zero-order chi connectivity index (χ0) is 15.8. The summed E-state index contributed by atoms with van der Waals surface area (Å²) in [7, 11) is 1.68. The average Bonchev–Trinajstić information content (AvgIpc) is 2.60. The minimum Gasteiger partial charge on any atom is -0.267 e. The SMILES string of the molecule is CC/C(C)=C(\N=NC(=NC)c1ccccn1)c1ccccn1. The number of hydrogen-bond donors (Lipinski definition) is 0. The summed E-state index contributed by atoms with van der Waals surface area (Å²) in [6.07, 6.45) is 4.34. The quantitative estimate of drug-likeness (QED) is 0.483. The van der Waals surface area contributed by atoms with E-state index in [0.717, 1.165) is 23.4 Å². The molecule has 2 aromatic rings. The van der Waals surface area contributed by atoms with Gasteiger partial charge in [0.25, 0.3) is 0 Å². The van der Waals surface area contributed by atoms with E-state index in [0.29, 0.717) is 11.5 Å². The lowest BCUT2D eigenvalue weighted by molar-refractivity contribution is 1.07. The van der Waals surface area contributed by atoms with Crippen LogP contribution in [0.4, 0.5) is 0 Å². The first-order chi connectivity index (χ1) is 10.8. The highest BCUT2D eigenvalue weighted by molar-refractivity contribution is 5.97. The summed E-state index contributed by atoms with van der Waals surface area (Å²) >= 11 is 0. The monoisotopic (exact) mass is 293 g/mol. The van der Waals surface area contributed by atoms with E-state index in [9.17, 15) is 0 Å². The maximum absolute atomic E-state index is 4.38. The topological polar surface area (TPSA) is 62.9 Å². The molecule has 0 fully saturated rings. The molecule has 0 saturated heterocycles. The van der Waals surface area contributed by atoms with E-state index in [1.165, 1.54) is 0 Å². The molecule has 0 aliphatic rings. The second-order valence-electron chi connectivity index (χ2n) is 4.66. The molecule has 0 atom stereocenters. The van der Waals surface area contributed by atoms with Crippen LogP contribution >= 0.6 is 0 Å². The molecular formula is C17H19N5. The Morgan fingerprint density at radius 1 is 0.955 bits per heavy atom. The van der Waals surface area contributed by atoms with Crippen LogP contribution in [0.5, 0.6) is 0 Å². The Morgan fingerprint density at radius 2 is 1.59 bits per heavy atom. The van der Waals surface area contributed by atoms with Gasteiger partial charge in [-0.05, 0) is 43.2 Å². The Labute approximate surface area is 130 Å². The number of amidine groups is 1. The van der Waals surface area contributed by atoms with Crippen LogP contribution in [-0.2, 0) is 0 Å². The summed E-state index contributed by atoms with van der Waals surface area (Å²) in [5.41, 5.74) is 3.41. The zero-order valence-corrected chi connectivity index (χ0v) is 13.1. The maximum atomic E-state index is 4.38. The van der Waals surface area contributed by atoms with E-state index in [1.807, 2.05) is 43.3 Å². The maximum Gasteiger partial charge on any atom is 0.195 e. The van der Waals surface area contributed by atoms with E-state index in [2.05, 4.69) is 32.1 Å². The van der Waals surface area contributed by atoms with Gasteiger partial charge in [-0.3, -0.25) is 15.0 Å². The van der Waals surface area contributed by atoms with Crippen molar-refractivity contribution in [2.75, 3.05) is 7.05 Å². The van der Waals surface area contributed by atoms with Crippen molar-refractivity contribution in [2.24, 2.45) is 15.2 Å². The Balaban J connectivity index is 2.36. The molecule has 0 aliphatic heterocycles. The van der Waals surface area contributed by atoms with E-state index < -0.39 is 0 Å². The van der Waals surface area contributed by atoms with Gasteiger partial charge in [-0.25, -0.2) is 0 Å². The fourth-order valence-corrected chi connectivity index (χ4v) is 1.83. The van der Waals surface area contributed by atoms with Gasteiger partial charge in [0.1, 0.15) is 11.4 Å². The lowest BCUT2D eigenvalue weighted by atomic mass is 10.1. The van der Waals surface area contributed by atoms with Crippen molar-refractivity contribution in [3.05, 3.63) is 65.8 Å². The minimum absolute atomic E-state index is 0.498. The molecule has 5 heteroatoms. The Hall–Kier alpha value is -2.69. The normalized spacial score (nSPS) is 13.3. The highest BCUT2D eigenvalue weighted by atomic mass is 15.2. The van der Waals surface area contributed by atoms with Crippen LogP contribution < -0.4 is 0 Å². The molecule has 2 aromatic heterocycles. The predicted octanol–water partition coefficient (Wildman–Crippen LogP) is 4.15. The molecule has 2 heterocycles. The van der Waals surface area contributed by atoms with Gasteiger partial charge in [0.15, 0.2) is 5.84 Å². The molecule has 0 bridgehead atoms. The van der Waals surface area contributed by atoms with Gasteiger partial charge < -0.3 is 0 Å². The van der Waals surface area contributed by atoms with Crippen LogP contribution in [0, 0.1) is 0 Å². The molecule has 112 valence electrons. The highest BCUT2D eigenvalue weighted by Gasteiger charge is 2.07. The lowest BCUT2D eigenvalue weighted by Crippen LogP contribution is -1.99. The molecular weight excluding hydrogens is 274 g/mol. The van der Waals surface area contributed by atoms with Gasteiger partial charge in [-0.2, -0.15) is 0 Å². The molecule has 0 spiro atoms. The van der Waals surface area contributed by atoms with E-state index in [1.54, 1.807) is 19.4 Å². The smallest absolute Gasteiger partial charge is 0.195 e. The van der Waals surface area contributed by atoms with Crippen LogP contribution in [0.25, 0.3) is 5.70 Å². The number of hydrogen-bond acceptors (Lipinski definition) is 4. The molecule has 0 N–H and O–H groups in total. The standard InChI is InChI=1S/C17H19N5/c1-4-13(2)16(14-9-5-7-11-19-14)21-22-17(18-3)15-10-6-8-12-20-15/h5-12H,4H2,1-3H3/b16-13-,18-17?,22-21?. The first-order valence-electron chi connectivity index (χ1n) is 7.17. The van der Waals surface area contributed by atoms with Crippen molar-refractivity contribution in [1.82, 2.24) is 9.97 Å². The van der Waals surface area contributed by atoms with Crippen LogP contribution in [0.3, 0.4) is 0 Å². The van der Waals surface area contributed by atoms with E-state index in [4.69, 9.17) is 0 Å². The first kappa shape index (κ1) is 15.7. The number of rotatable bonds is 4. The second kappa shape index (κ2) is 7.93. The molecule has 0 radical (unpaired) electrons. The molecule has 5 nitrogen and oxygen atoms in total. The van der Waals surface area contributed by atoms with Crippen LogP contribution in [0.1, 0.15) is 31.7 Å². The van der Waals surface area contributed by atoms with Gasteiger partial charge >= 0.3 is 0 Å². The third kappa shape index (κ3) is 3.91. The summed E-state index contributed by atoms with van der Waals surface area (Å²) < 4.78 is 0. The molecule has 0 aromatic carbocycles.